The Morgan fingerprint density at radius 1 is 0.933 bits per heavy atom. The van der Waals surface area contributed by atoms with E-state index in [1.54, 1.807) is 13.8 Å². The molecule has 86 valence electrons. The van der Waals surface area contributed by atoms with Crippen molar-refractivity contribution in [2.24, 2.45) is 31.9 Å². The average Bonchev–Trinajstić information content (AvgIpc) is 2.12. The fourth-order valence-electron chi connectivity index (χ4n) is 0.229. The fraction of sp³-hybridized carbons (Fsp3) is 0.333. The van der Waals surface area contributed by atoms with Gasteiger partial charge in [-0.3, -0.25) is 0 Å². The molecule has 0 saturated heterocycles. The summed E-state index contributed by atoms with van der Waals surface area (Å²) < 4.78 is 0. The predicted molar refractivity (Wildman–Crippen MR) is 66.3 cm³/mol. The van der Waals surface area contributed by atoms with E-state index in [1.807, 2.05) is 0 Å². The third-order valence-electron chi connectivity index (χ3n) is 0.544. The molecule has 0 aliphatic heterocycles. The third-order valence-corrected chi connectivity index (χ3v) is 0.707. The summed E-state index contributed by atoms with van der Waals surface area (Å²) in [5.41, 5.74) is 9.86. The zero-order valence-electron chi connectivity index (χ0n) is 8.27. The van der Waals surface area contributed by atoms with Crippen LogP contribution < -0.4 is 11.5 Å². The normalized spacial score (nSPS) is 12.1. The maximum atomic E-state index is 4.93. The van der Waals surface area contributed by atoms with Gasteiger partial charge in [0.05, 0.1) is 0 Å². The van der Waals surface area contributed by atoms with Gasteiger partial charge in [-0.15, -0.1) is 0 Å². The molecule has 15 heavy (non-hydrogen) atoms. The van der Waals surface area contributed by atoms with Crippen molar-refractivity contribution in [3.63, 3.8) is 0 Å². The van der Waals surface area contributed by atoms with Gasteiger partial charge in [0.2, 0.25) is 0 Å². The van der Waals surface area contributed by atoms with Crippen molar-refractivity contribution < 1.29 is 17.1 Å². The van der Waals surface area contributed by atoms with E-state index in [4.69, 9.17) is 11.5 Å². The smallest absolute Gasteiger partial charge is 0.741 e. The van der Waals surface area contributed by atoms with Crippen molar-refractivity contribution >= 4 is 48.0 Å². The molecular weight excluding hydrogens is 276 g/mol. The molecule has 0 amide bonds. The van der Waals surface area contributed by atoms with Crippen LogP contribution >= 0.6 is 0 Å². The Labute approximate surface area is 111 Å². The summed E-state index contributed by atoms with van der Waals surface area (Å²) in [5, 5.41) is 13.6. The Hall–Kier alpha value is -0.761. The Kier molecular flexibility index (Phi) is 20.7. The van der Waals surface area contributed by atoms with Gasteiger partial charge in [0.1, 0.15) is 0 Å². The SMILES string of the molecule is C/C=N\N=C(\N)[S-].C/C=N\N=C(\N)[S-].[Fe+2]. The molecule has 9 heteroatoms. The maximum absolute atomic E-state index is 4.93. The molecule has 6 nitrogen and oxygen atoms in total. The van der Waals surface area contributed by atoms with E-state index in [1.165, 1.54) is 12.4 Å². The summed E-state index contributed by atoms with van der Waals surface area (Å²) in [5.74, 6) is 0. The van der Waals surface area contributed by atoms with Gasteiger partial charge in [-0.25, -0.2) is 0 Å². The fourth-order valence-corrected chi connectivity index (χ4v) is 0.324. The second-order valence-electron chi connectivity index (χ2n) is 1.62. The van der Waals surface area contributed by atoms with Crippen LogP contribution in [-0.4, -0.2) is 22.8 Å². The Bertz CT molecular complexity index is 216. The van der Waals surface area contributed by atoms with Crippen LogP contribution in [0.3, 0.4) is 0 Å². The molecule has 0 aliphatic carbocycles. The topological polar surface area (TPSA) is 101 Å². The zero-order valence-corrected chi connectivity index (χ0v) is 11.0. The summed E-state index contributed by atoms with van der Waals surface area (Å²) in [6, 6.07) is 0. The van der Waals surface area contributed by atoms with Crippen LogP contribution in [0.4, 0.5) is 0 Å². The van der Waals surface area contributed by atoms with Gasteiger partial charge >= 0.3 is 17.1 Å². The van der Waals surface area contributed by atoms with E-state index in [2.05, 4.69) is 45.7 Å². The zero-order chi connectivity index (χ0) is 11.4. The summed E-state index contributed by atoms with van der Waals surface area (Å²) in [6.07, 6.45) is 3.03. The molecule has 0 aromatic rings. The number of nitrogens with two attached hydrogens (primary N) is 2. The van der Waals surface area contributed by atoms with Gasteiger partial charge in [0, 0.05) is 12.4 Å². The minimum Gasteiger partial charge on any atom is -0.741 e. The molecule has 0 aromatic carbocycles. The molecule has 0 bridgehead atoms. The summed E-state index contributed by atoms with van der Waals surface area (Å²) >= 11 is 8.72. The van der Waals surface area contributed by atoms with Gasteiger partial charge in [-0.05, 0) is 24.2 Å². The molecule has 0 saturated carbocycles. The minimum atomic E-state index is 0. The van der Waals surface area contributed by atoms with E-state index in [0.717, 1.165) is 0 Å². The molecule has 0 rings (SSSR count). The van der Waals surface area contributed by atoms with Crippen LogP contribution in [0.5, 0.6) is 0 Å². The first-order chi connectivity index (χ1) is 6.54. The number of amidine groups is 2. The Balaban J connectivity index is -0.000000180. The van der Waals surface area contributed by atoms with Crippen molar-refractivity contribution in [3.05, 3.63) is 0 Å². The molecule has 0 aliphatic rings. The Morgan fingerprint density at radius 2 is 1.20 bits per heavy atom. The summed E-state index contributed by atoms with van der Waals surface area (Å²) in [6.45, 7) is 3.48. The molecule has 4 N–H and O–H groups in total. The van der Waals surface area contributed by atoms with E-state index >= 15 is 0 Å². The van der Waals surface area contributed by atoms with Gasteiger partial charge in [0.25, 0.3) is 0 Å². The Morgan fingerprint density at radius 3 is 1.27 bits per heavy atom. The van der Waals surface area contributed by atoms with Crippen molar-refractivity contribution in [3.8, 4) is 0 Å². The summed E-state index contributed by atoms with van der Waals surface area (Å²) in [4.78, 5) is 0. The van der Waals surface area contributed by atoms with Crippen LogP contribution in [0, 0.1) is 0 Å². The number of rotatable bonds is 2. The van der Waals surface area contributed by atoms with Crippen molar-refractivity contribution in [2.45, 2.75) is 13.8 Å². The van der Waals surface area contributed by atoms with Gasteiger partial charge in [-0.1, -0.05) is 0 Å². The largest absolute Gasteiger partial charge is 2.00 e. The molecule has 0 fully saturated rings. The minimum absolute atomic E-state index is 0. The van der Waals surface area contributed by atoms with Crippen LogP contribution in [-0.2, 0) is 42.3 Å². The standard InChI is InChI=1S/2C3H7N3S.Fe/c2*1-2-5-6-3(4)7;/h2*2H,1H3,(H3,4,6,7);/q;;+2/p-2/b2*5-2-;. The monoisotopic (exact) mass is 288 g/mol. The van der Waals surface area contributed by atoms with Crippen LogP contribution in [0.15, 0.2) is 20.4 Å². The molecule has 0 atom stereocenters. The predicted octanol–water partition coefficient (Wildman–Crippen LogP) is -0.295. The van der Waals surface area contributed by atoms with E-state index in [0.29, 0.717) is 0 Å². The maximum Gasteiger partial charge on any atom is 2.00 e. The quantitative estimate of drug-likeness (QED) is 0.239. The molecule has 0 unspecified atom stereocenters. The van der Waals surface area contributed by atoms with Crippen LogP contribution in [0.25, 0.3) is 0 Å². The third kappa shape index (κ3) is 31.9. The van der Waals surface area contributed by atoms with Gasteiger partial charge in [0.15, 0.2) is 0 Å². The summed E-state index contributed by atoms with van der Waals surface area (Å²) in [7, 11) is 0. The van der Waals surface area contributed by atoms with Crippen LogP contribution in [0.2, 0.25) is 0 Å². The number of hydrogen-bond donors (Lipinski definition) is 2. The van der Waals surface area contributed by atoms with E-state index in [9.17, 15) is 0 Å². The molecule has 0 heterocycles. The first-order valence-corrected chi connectivity index (χ1v) is 4.32. The first kappa shape index (κ1) is 19.8. The van der Waals surface area contributed by atoms with Gasteiger partial charge in [-0.2, -0.15) is 20.4 Å². The van der Waals surface area contributed by atoms with Crippen molar-refractivity contribution in [1.29, 1.82) is 0 Å². The first-order valence-electron chi connectivity index (χ1n) is 3.50. The van der Waals surface area contributed by atoms with Crippen LogP contribution in [0.1, 0.15) is 13.8 Å². The van der Waals surface area contributed by atoms with E-state index < -0.39 is 0 Å². The number of nitrogens with zero attached hydrogens (tertiary/aromatic N) is 4. The van der Waals surface area contributed by atoms with E-state index in [-0.39, 0.29) is 27.4 Å². The molecule has 0 aromatic heterocycles. The molecular formula is C6H12FeN6S2. The van der Waals surface area contributed by atoms with Crippen molar-refractivity contribution in [2.75, 3.05) is 0 Å². The second kappa shape index (κ2) is 15.7. The van der Waals surface area contributed by atoms with Crippen molar-refractivity contribution in [1.82, 2.24) is 0 Å². The average molecular weight is 288 g/mol. The molecule has 0 radical (unpaired) electrons. The molecule has 0 spiro atoms. The number of hydrogen-bond acceptors (Lipinski definition) is 6. The second-order valence-corrected chi connectivity index (χ2v) is 2.46. The van der Waals surface area contributed by atoms with Gasteiger partial charge < -0.3 is 36.7 Å².